The Balaban J connectivity index is 1.38. The monoisotopic (exact) mass is 339 g/mol. The Hall–Kier alpha value is -2.55. The molecule has 0 aliphatic carbocycles. The molecule has 2 aromatic rings. The predicted octanol–water partition coefficient (Wildman–Crippen LogP) is 3.92. The van der Waals surface area contributed by atoms with Crippen LogP contribution >= 0.6 is 0 Å². The van der Waals surface area contributed by atoms with Crippen molar-refractivity contribution in [2.75, 3.05) is 26.4 Å². The largest absolute Gasteiger partial charge is 0.491 e. The summed E-state index contributed by atoms with van der Waals surface area (Å²) in [5, 5.41) is 8.79. The zero-order valence-corrected chi connectivity index (χ0v) is 14.0. The average Bonchev–Trinajstić information content (AvgIpc) is 3.17. The summed E-state index contributed by atoms with van der Waals surface area (Å²) >= 11 is 0. The lowest BCUT2D eigenvalue weighted by atomic mass is 10.2. The van der Waals surface area contributed by atoms with Gasteiger partial charge in [0, 0.05) is 6.61 Å². The molecule has 5 nitrogen and oxygen atoms in total. The molecule has 0 N–H and O–H groups in total. The van der Waals surface area contributed by atoms with E-state index >= 15 is 0 Å². The van der Waals surface area contributed by atoms with Gasteiger partial charge in [0.15, 0.2) is 0 Å². The van der Waals surface area contributed by atoms with E-state index in [2.05, 4.69) is 6.07 Å². The SMILES string of the molecule is N#Cc1ccc(Oc2ccc(OCCOCC3CCCO3)cc2)cc1. The van der Waals surface area contributed by atoms with Gasteiger partial charge in [-0.15, -0.1) is 0 Å². The van der Waals surface area contributed by atoms with Gasteiger partial charge in [0.05, 0.1) is 31.0 Å². The van der Waals surface area contributed by atoms with Gasteiger partial charge in [0.1, 0.15) is 23.9 Å². The van der Waals surface area contributed by atoms with Crippen molar-refractivity contribution in [2.45, 2.75) is 18.9 Å². The smallest absolute Gasteiger partial charge is 0.127 e. The van der Waals surface area contributed by atoms with E-state index in [0.29, 0.717) is 36.9 Å². The first-order chi connectivity index (χ1) is 12.3. The van der Waals surface area contributed by atoms with E-state index in [-0.39, 0.29) is 6.10 Å². The van der Waals surface area contributed by atoms with E-state index < -0.39 is 0 Å². The molecule has 1 aliphatic rings. The van der Waals surface area contributed by atoms with E-state index in [9.17, 15) is 0 Å². The number of ether oxygens (including phenoxy) is 4. The van der Waals surface area contributed by atoms with Crippen molar-refractivity contribution in [3.63, 3.8) is 0 Å². The molecule has 0 bridgehead atoms. The minimum Gasteiger partial charge on any atom is -0.491 e. The fourth-order valence-electron chi connectivity index (χ4n) is 2.55. The van der Waals surface area contributed by atoms with Gasteiger partial charge in [-0.3, -0.25) is 0 Å². The summed E-state index contributed by atoms with van der Waals surface area (Å²) in [7, 11) is 0. The fourth-order valence-corrected chi connectivity index (χ4v) is 2.55. The van der Waals surface area contributed by atoms with Crippen LogP contribution in [0.25, 0.3) is 0 Å². The van der Waals surface area contributed by atoms with Crippen LogP contribution in [0.3, 0.4) is 0 Å². The number of rotatable bonds is 8. The molecule has 0 amide bonds. The van der Waals surface area contributed by atoms with Gasteiger partial charge in [-0.2, -0.15) is 5.26 Å². The molecule has 1 fully saturated rings. The number of benzene rings is 2. The molecule has 1 unspecified atom stereocenters. The first-order valence-corrected chi connectivity index (χ1v) is 8.44. The Labute approximate surface area is 147 Å². The van der Waals surface area contributed by atoms with Crippen molar-refractivity contribution < 1.29 is 18.9 Å². The second-order valence-corrected chi connectivity index (χ2v) is 5.77. The minimum absolute atomic E-state index is 0.249. The minimum atomic E-state index is 0.249. The molecule has 2 aromatic carbocycles. The van der Waals surface area contributed by atoms with Crippen molar-refractivity contribution in [1.29, 1.82) is 5.26 Å². The van der Waals surface area contributed by atoms with Crippen molar-refractivity contribution in [1.82, 2.24) is 0 Å². The van der Waals surface area contributed by atoms with E-state index in [1.807, 2.05) is 24.3 Å². The van der Waals surface area contributed by atoms with Crippen molar-refractivity contribution in [3.05, 3.63) is 54.1 Å². The van der Waals surface area contributed by atoms with Crippen LogP contribution in [0.4, 0.5) is 0 Å². The highest BCUT2D eigenvalue weighted by Gasteiger charge is 2.14. The Morgan fingerprint density at radius 2 is 1.64 bits per heavy atom. The Bertz CT molecular complexity index is 685. The molecule has 3 rings (SSSR count). The zero-order valence-electron chi connectivity index (χ0n) is 14.0. The maximum Gasteiger partial charge on any atom is 0.127 e. The summed E-state index contributed by atoms with van der Waals surface area (Å²) in [6.07, 6.45) is 2.46. The Kier molecular flexibility index (Phi) is 6.27. The molecule has 25 heavy (non-hydrogen) atoms. The quantitative estimate of drug-likeness (QED) is 0.682. The Morgan fingerprint density at radius 1 is 0.960 bits per heavy atom. The van der Waals surface area contributed by atoms with Crippen LogP contribution in [0.1, 0.15) is 18.4 Å². The van der Waals surface area contributed by atoms with E-state index in [4.69, 9.17) is 24.2 Å². The maximum absolute atomic E-state index is 8.79. The highest BCUT2D eigenvalue weighted by Crippen LogP contribution is 2.24. The standard InChI is InChI=1S/C20H21NO4/c21-14-16-3-5-18(6-4-16)25-19-9-7-17(8-10-19)24-13-12-22-15-20-2-1-11-23-20/h3-10,20H,1-2,11-13,15H2. The first kappa shape index (κ1) is 17.3. The van der Waals surface area contributed by atoms with Gasteiger partial charge in [-0.1, -0.05) is 0 Å². The molecule has 0 radical (unpaired) electrons. The fraction of sp³-hybridized carbons (Fsp3) is 0.350. The summed E-state index contributed by atoms with van der Waals surface area (Å²) in [6.45, 7) is 2.54. The lowest BCUT2D eigenvalue weighted by Crippen LogP contribution is -2.17. The number of nitrogens with zero attached hydrogens (tertiary/aromatic N) is 1. The van der Waals surface area contributed by atoms with Crippen molar-refractivity contribution >= 4 is 0 Å². The number of hydrogen-bond acceptors (Lipinski definition) is 5. The molecule has 0 saturated carbocycles. The lowest BCUT2D eigenvalue weighted by molar-refractivity contribution is 0.00853. The third-order valence-corrected chi connectivity index (χ3v) is 3.87. The van der Waals surface area contributed by atoms with Crippen LogP contribution in [-0.2, 0) is 9.47 Å². The van der Waals surface area contributed by atoms with Crippen LogP contribution in [0.5, 0.6) is 17.2 Å². The topological polar surface area (TPSA) is 60.7 Å². The maximum atomic E-state index is 8.79. The van der Waals surface area contributed by atoms with Gasteiger partial charge < -0.3 is 18.9 Å². The molecule has 0 spiro atoms. The van der Waals surface area contributed by atoms with Crippen molar-refractivity contribution in [2.24, 2.45) is 0 Å². The summed E-state index contributed by atoms with van der Waals surface area (Å²) in [4.78, 5) is 0. The Morgan fingerprint density at radius 3 is 2.28 bits per heavy atom. The molecule has 1 atom stereocenters. The summed E-state index contributed by atoms with van der Waals surface area (Å²) in [5.74, 6) is 2.18. The van der Waals surface area contributed by atoms with Gasteiger partial charge in [0.25, 0.3) is 0 Å². The van der Waals surface area contributed by atoms with Crippen LogP contribution in [0, 0.1) is 11.3 Å². The summed E-state index contributed by atoms with van der Waals surface area (Å²) < 4.78 is 22.4. The average molecular weight is 339 g/mol. The number of nitriles is 1. The summed E-state index contributed by atoms with van der Waals surface area (Å²) in [6, 6.07) is 16.5. The summed E-state index contributed by atoms with van der Waals surface area (Å²) in [5.41, 5.74) is 0.609. The lowest BCUT2D eigenvalue weighted by Gasteiger charge is -2.11. The van der Waals surface area contributed by atoms with E-state index in [1.54, 1.807) is 24.3 Å². The van der Waals surface area contributed by atoms with Crippen LogP contribution in [0.2, 0.25) is 0 Å². The third-order valence-electron chi connectivity index (χ3n) is 3.87. The van der Waals surface area contributed by atoms with E-state index in [0.717, 1.165) is 25.2 Å². The van der Waals surface area contributed by atoms with E-state index in [1.165, 1.54) is 0 Å². The molecular weight excluding hydrogens is 318 g/mol. The molecule has 1 aliphatic heterocycles. The van der Waals surface area contributed by atoms with Gasteiger partial charge in [-0.05, 0) is 61.4 Å². The first-order valence-electron chi connectivity index (χ1n) is 8.44. The molecule has 5 heteroatoms. The van der Waals surface area contributed by atoms with Gasteiger partial charge in [-0.25, -0.2) is 0 Å². The molecule has 1 heterocycles. The third kappa shape index (κ3) is 5.49. The van der Waals surface area contributed by atoms with Gasteiger partial charge in [0.2, 0.25) is 0 Å². The highest BCUT2D eigenvalue weighted by atomic mass is 16.5. The molecule has 130 valence electrons. The second-order valence-electron chi connectivity index (χ2n) is 5.77. The second kappa shape index (κ2) is 9.07. The molecule has 1 saturated heterocycles. The zero-order chi connectivity index (χ0) is 17.3. The molecular formula is C20H21NO4. The predicted molar refractivity (Wildman–Crippen MR) is 93.0 cm³/mol. The normalized spacial score (nSPS) is 16.4. The number of hydrogen-bond donors (Lipinski definition) is 0. The van der Waals surface area contributed by atoms with Crippen LogP contribution in [-0.4, -0.2) is 32.5 Å². The molecule has 0 aromatic heterocycles. The van der Waals surface area contributed by atoms with Crippen molar-refractivity contribution in [3.8, 4) is 23.3 Å². The highest BCUT2D eigenvalue weighted by molar-refractivity contribution is 5.38. The van der Waals surface area contributed by atoms with Crippen LogP contribution < -0.4 is 9.47 Å². The van der Waals surface area contributed by atoms with Crippen LogP contribution in [0.15, 0.2) is 48.5 Å². The van der Waals surface area contributed by atoms with Gasteiger partial charge >= 0.3 is 0 Å².